The van der Waals surface area contributed by atoms with E-state index in [1.165, 1.54) is 14.0 Å². The third-order valence-electron chi connectivity index (χ3n) is 8.13. The summed E-state index contributed by atoms with van der Waals surface area (Å²) in [6.45, 7) is 5.73. The molecule has 4 aliphatic rings. The lowest BCUT2D eigenvalue weighted by Crippen LogP contribution is -2.68. The lowest BCUT2D eigenvalue weighted by molar-refractivity contribution is -0.210. The Balaban J connectivity index is 1.81. The smallest absolute Gasteiger partial charge is 0.317 e. The molecule has 2 saturated heterocycles. The molecule has 4 fully saturated rings. The Bertz CT molecular complexity index is 860. The number of carbonyl (C=O) groups excluding carboxylic acids is 5. The molecule has 0 amide bonds. The topological polar surface area (TPSA) is 122 Å². The van der Waals surface area contributed by atoms with Gasteiger partial charge in [-0.1, -0.05) is 13.8 Å². The zero-order valence-electron chi connectivity index (χ0n) is 18.9. The molecule has 0 N–H and O–H groups in total. The fourth-order valence-electron chi connectivity index (χ4n) is 6.88. The summed E-state index contributed by atoms with van der Waals surface area (Å²) in [6.07, 6.45) is -0.760. The van der Waals surface area contributed by atoms with E-state index >= 15 is 0 Å². The summed E-state index contributed by atoms with van der Waals surface area (Å²) in [6, 6.07) is 0. The van der Waals surface area contributed by atoms with E-state index in [2.05, 4.69) is 0 Å². The number of hydrogen-bond acceptors (Lipinski definition) is 9. The monoisotopic (exact) mass is 450 g/mol. The van der Waals surface area contributed by atoms with E-state index in [0.29, 0.717) is 19.6 Å². The van der Waals surface area contributed by atoms with Gasteiger partial charge in [0.1, 0.15) is 17.8 Å². The van der Waals surface area contributed by atoms with Crippen molar-refractivity contribution in [3.8, 4) is 0 Å². The van der Waals surface area contributed by atoms with Gasteiger partial charge in [-0.3, -0.25) is 24.0 Å². The normalized spacial score (nSPS) is 43.7. The summed E-state index contributed by atoms with van der Waals surface area (Å²) in [7, 11) is 1.25. The average Bonchev–Trinajstić information content (AvgIpc) is 3.22. The molecule has 176 valence electrons. The van der Waals surface area contributed by atoms with Crippen LogP contribution in [0.25, 0.3) is 0 Å². The van der Waals surface area contributed by atoms with E-state index in [4.69, 9.17) is 18.9 Å². The molecule has 0 aromatic heterocycles. The zero-order chi connectivity index (χ0) is 23.4. The van der Waals surface area contributed by atoms with Gasteiger partial charge in [0.15, 0.2) is 11.9 Å². The third kappa shape index (κ3) is 3.36. The first-order valence-corrected chi connectivity index (χ1v) is 11.1. The summed E-state index contributed by atoms with van der Waals surface area (Å²) in [5.41, 5.74) is -2.13. The lowest BCUT2D eigenvalue weighted by Gasteiger charge is -2.60. The highest BCUT2D eigenvalue weighted by Gasteiger charge is 2.70. The van der Waals surface area contributed by atoms with Gasteiger partial charge in [0.25, 0.3) is 0 Å². The molecule has 2 saturated carbocycles. The molecule has 2 heterocycles. The van der Waals surface area contributed by atoms with Gasteiger partial charge in [-0.15, -0.1) is 0 Å². The number of carbonyl (C=O) groups is 5. The van der Waals surface area contributed by atoms with Crippen LogP contribution in [0, 0.1) is 34.5 Å². The molecule has 2 aliphatic carbocycles. The predicted molar refractivity (Wildman–Crippen MR) is 107 cm³/mol. The fraction of sp³-hybridized carbons (Fsp3) is 0.783. The van der Waals surface area contributed by atoms with Gasteiger partial charge in [-0.05, 0) is 18.3 Å². The van der Waals surface area contributed by atoms with Gasteiger partial charge in [0.05, 0.1) is 19.6 Å². The van der Waals surface area contributed by atoms with Crippen LogP contribution in [0.3, 0.4) is 0 Å². The van der Waals surface area contributed by atoms with Crippen molar-refractivity contribution in [3.05, 3.63) is 0 Å². The van der Waals surface area contributed by atoms with Crippen LogP contribution >= 0.6 is 0 Å². The van der Waals surface area contributed by atoms with E-state index < -0.39 is 58.7 Å². The maximum atomic E-state index is 13.7. The van der Waals surface area contributed by atoms with Crippen molar-refractivity contribution in [2.45, 2.75) is 58.7 Å². The maximum absolute atomic E-state index is 13.7. The Labute approximate surface area is 186 Å². The first kappa shape index (κ1) is 22.9. The van der Waals surface area contributed by atoms with E-state index in [1.54, 1.807) is 13.8 Å². The van der Waals surface area contributed by atoms with Crippen molar-refractivity contribution in [1.29, 1.82) is 0 Å². The molecule has 4 rings (SSSR count). The molecule has 0 bridgehead atoms. The molecule has 32 heavy (non-hydrogen) atoms. The number of esters is 3. The standard InChI is InChI=1S/C23H30O9/c1-11(24)31-15-7-13(20(27)29-4)22(2)8-14(25)17-21(28)32-16(12-5-6-30-10-12)9-23(17,3)19(22)18(15)26/h12-13,15-17,19H,5-10H2,1-4H3/t12?,13-,15-,16-,17?,19?,22-,23-/m0/s1. The van der Waals surface area contributed by atoms with E-state index in [0.717, 1.165) is 6.42 Å². The number of rotatable bonds is 3. The molecule has 0 radical (unpaired) electrons. The molecule has 0 spiro atoms. The van der Waals surface area contributed by atoms with Crippen LogP contribution in [0.15, 0.2) is 0 Å². The van der Waals surface area contributed by atoms with Crippen molar-refractivity contribution in [1.82, 2.24) is 0 Å². The van der Waals surface area contributed by atoms with Crippen molar-refractivity contribution in [2.24, 2.45) is 34.5 Å². The van der Waals surface area contributed by atoms with Gasteiger partial charge in [0, 0.05) is 43.6 Å². The zero-order valence-corrected chi connectivity index (χ0v) is 18.9. The second-order valence-electron chi connectivity index (χ2n) is 10.1. The van der Waals surface area contributed by atoms with Crippen molar-refractivity contribution in [3.63, 3.8) is 0 Å². The number of ketones is 2. The van der Waals surface area contributed by atoms with Gasteiger partial charge in [-0.25, -0.2) is 0 Å². The van der Waals surface area contributed by atoms with Crippen LogP contribution in [-0.4, -0.2) is 62.0 Å². The van der Waals surface area contributed by atoms with Crippen LogP contribution in [0.2, 0.25) is 0 Å². The van der Waals surface area contributed by atoms with Crippen LogP contribution in [0.4, 0.5) is 0 Å². The molecule has 0 aromatic rings. The van der Waals surface area contributed by atoms with Crippen molar-refractivity contribution >= 4 is 29.5 Å². The number of fused-ring (bicyclic) bond motifs is 3. The van der Waals surface area contributed by atoms with Crippen LogP contribution in [0.5, 0.6) is 0 Å². The molecular formula is C23H30O9. The maximum Gasteiger partial charge on any atom is 0.317 e. The Morgan fingerprint density at radius 2 is 1.84 bits per heavy atom. The highest BCUT2D eigenvalue weighted by atomic mass is 16.6. The lowest BCUT2D eigenvalue weighted by atomic mass is 9.42. The van der Waals surface area contributed by atoms with Gasteiger partial charge < -0.3 is 18.9 Å². The largest absolute Gasteiger partial charge is 0.469 e. The van der Waals surface area contributed by atoms with Gasteiger partial charge in [-0.2, -0.15) is 0 Å². The van der Waals surface area contributed by atoms with Gasteiger partial charge in [0.2, 0.25) is 0 Å². The van der Waals surface area contributed by atoms with Crippen LogP contribution < -0.4 is 0 Å². The highest BCUT2D eigenvalue weighted by molar-refractivity contribution is 6.04. The van der Waals surface area contributed by atoms with Crippen LogP contribution in [0.1, 0.15) is 46.5 Å². The number of ether oxygens (including phenoxy) is 4. The second kappa shape index (κ2) is 7.93. The first-order valence-electron chi connectivity index (χ1n) is 11.1. The highest BCUT2D eigenvalue weighted by Crippen LogP contribution is 2.63. The molecular weight excluding hydrogens is 420 g/mol. The van der Waals surface area contributed by atoms with Gasteiger partial charge >= 0.3 is 17.9 Å². The van der Waals surface area contributed by atoms with Crippen molar-refractivity contribution in [2.75, 3.05) is 20.3 Å². The fourth-order valence-corrected chi connectivity index (χ4v) is 6.88. The second-order valence-corrected chi connectivity index (χ2v) is 10.1. The predicted octanol–water partition coefficient (Wildman–Crippen LogP) is 1.25. The van der Waals surface area contributed by atoms with Crippen LogP contribution in [-0.2, 0) is 42.9 Å². The molecule has 0 aromatic carbocycles. The molecule has 9 nitrogen and oxygen atoms in total. The minimum Gasteiger partial charge on any atom is -0.469 e. The molecule has 9 heteroatoms. The van der Waals surface area contributed by atoms with E-state index in [1.807, 2.05) is 0 Å². The quantitative estimate of drug-likeness (QED) is 0.355. The third-order valence-corrected chi connectivity index (χ3v) is 8.13. The summed E-state index contributed by atoms with van der Waals surface area (Å²) in [4.78, 5) is 64.6. The van der Waals surface area contributed by atoms with Crippen molar-refractivity contribution < 1.29 is 42.9 Å². The summed E-state index contributed by atoms with van der Waals surface area (Å²) >= 11 is 0. The number of cyclic esters (lactones) is 1. The Kier molecular flexibility index (Phi) is 5.68. The minimum atomic E-state index is -1.13. The number of methoxy groups -OCH3 is 1. The van der Waals surface area contributed by atoms with E-state index in [9.17, 15) is 24.0 Å². The Morgan fingerprint density at radius 3 is 2.44 bits per heavy atom. The molecule has 3 unspecified atom stereocenters. The van der Waals surface area contributed by atoms with E-state index in [-0.39, 0.29) is 30.3 Å². The number of hydrogen-bond donors (Lipinski definition) is 0. The average molecular weight is 450 g/mol. The Morgan fingerprint density at radius 1 is 1.12 bits per heavy atom. The summed E-state index contributed by atoms with van der Waals surface area (Å²) in [5.74, 6) is -5.28. The summed E-state index contributed by atoms with van der Waals surface area (Å²) < 4.78 is 21.5. The summed E-state index contributed by atoms with van der Waals surface area (Å²) in [5, 5.41) is 0. The first-order chi connectivity index (χ1) is 15.0. The Hall–Kier alpha value is -2.29. The molecule has 8 atom stereocenters. The number of Topliss-reactive ketones (excluding diaryl/α,β-unsaturated/α-hetero) is 2. The SMILES string of the molecule is COC(=O)[C@@H]1C[C@H](OC(C)=O)C(=O)C2[C@@]3(C)C[C@@H](C4CCOC4)OC(=O)C3C(=O)C[C@]21C. The minimum absolute atomic E-state index is 0.0145. The molecule has 2 aliphatic heterocycles.